The first-order valence-electron chi connectivity index (χ1n) is 10.1. The van der Waals surface area contributed by atoms with Crippen molar-refractivity contribution >= 4 is 28.8 Å². The van der Waals surface area contributed by atoms with Gasteiger partial charge in [0.05, 0.1) is 17.0 Å². The van der Waals surface area contributed by atoms with Gasteiger partial charge in [0.2, 0.25) is 17.7 Å². The first-order valence-corrected chi connectivity index (χ1v) is 10.1. The van der Waals surface area contributed by atoms with E-state index in [0.717, 1.165) is 29.7 Å². The molecular weight excluding hydrogens is 370 g/mol. The number of hydrogen-bond acceptors (Lipinski definition) is 4. The highest BCUT2D eigenvalue weighted by atomic mass is 16.2. The van der Waals surface area contributed by atoms with Crippen molar-refractivity contribution in [2.24, 2.45) is 5.92 Å². The van der Waals surface area contributed by atoms with Crippen molar-refractivity contribution in [1.82, 2.24) is 24.7 Å². The molecular formula is C21H27N5O3. The minimum absolute atomic E-state index is 0.00374. The summed E-state index contributed by atoms with van der Waals surface area (Å²) in [5, 5.41) is 0. The van der Waals surface area contributed by atoms with Crippen LogP contribution in [-0.4, -0.2) is 82.2 Å². The van der Waals surface area contributed by atoms with Crippen LogP contribution in [0.4, 0.5) is 0 Å². The number of aromatic nitrogens is 2. The largest absolute Gasteiger partial charge is 0.347 e. The number of aromatic amines is 1. The summed E-state index contributed by atoms with van der Waals surface area (Å²) in [7, 11) is 3.38. The van der Waals surface area contributed by atoms with Crippen molar-refractivity contribution < 1.29 is 14.4 Å². The second-order valence-corrected chi connectivity index (χ2v) is 8.18. The number of amides is 3. The van der Waals surface area contributed by atoms with Crippen LogP contribution in [0.15, 0.2) is 24.3 Å². The number of hydrogen-bond donors (Lipinski definition) is 1. The quantitative estimate of drug-likeness (QED) is 0.816. The maximum atomic E-state index is 12.9. The highest BCUT2D eigenvalue weighted by Crippen LogP contribution is 2.29. The number of carbonyl (C=O) groups excluding carboxylic acids is 3. The lowest BCUT2D eigenvalue weighted by Gasteiger charge is -2.35. The molecule has 2 atom stereocenters. The molecule has 5 rings (SSSR count). The lowest BCUT2D eigenvalue weighted by molar-refractivity contribution is -0.145. The van der Waals surface area contributed by atoms with E-state index in [2.05, 4.69) is 9.97 Å². The van der Waals surface area contributed by atoms with Gasteiger partial charge in [0, 0.05) is 46.1 Å². The number of nitrogens with one attached hydrogen (secondary N) is 1. The number of para-hydroxylation sites is 2. The fourth-order valence-electron chi connectivity index (χ4n) is 4.25. The molecule has 29 heavy (non-hydrogen) atoms. The number of benzene rings is 1. The van der Waals surface area contributed by atoms with E-state index in [-0.39, 0.29) is 36.2 Å². The third kappa shape index (κ3) is 3.97. The lowest BCUT2D eigenvalue weighted by Crippen LogP contribution is -2.51. The SMILES string of the molecule is CN(C)C(=O)CN1C(=O)[C@@H]2CC[C@H]1CN(C(=O)CCc1nc3ccccc3[nH]1)C2. The molecule has 3 amide bonds. The monoisotopic (exact) mass is 397 g/mol. The fourth-order valence-corrected chi connectivity index (χ4v) is 4.25. The number of nitrogens with zero attached hydrogens (tertiary/aromatic N) is 4. The molecule has 1 aromatic heterocycles. The van der Waals surface area contributed by atoms with Crippen LogP contribution in [0, 0.1) is 5.92 Å². The minimum atomic E-state index is -0.209. The Morgan fingerprint density at radius 3 is 2.76 bits per heavy atom. The number of aryl methyl sites for hydroxylation is 1. The summed E-state index contributed by atoms with van der Waals surface area (Å²) in [4.78, 5) is 50.6. The first kappa shape index (κ1) is 19.4. The van der Waals surface area contributed by atoms with Gasteiger partial charge in [-0.3, -0.25) is 14.4 Å². The summed E-state index contributed by atoms with van der Waals surface area (Å²) in [6.45, 7) is 1.04. The number of likely N-dealkylation sites (N-methyl/N-ethyl adjacent to an activating group) is 1. The van der Waals surface area contributed by atoms with Crippen LogP contribution in [0.25, 0.3) is 11.0 Å². The molecule has 8 heteroatoms. The number of fused-ring (bicyclic) bond motifs is 5. The van der Waals surface area contributed by atoms with Crippen LogP contribution in [-0.2, 0) is 20.8 Å². The molecule has 3 saturated heterocycles. The van der Waals surface area contributed by atoms with Crippen LogP contribution in [0.1, 0.15) is 25.1 Å². The third-order valence-electron chi connectivity index (χ3n) is 5.96. The molecule has 3 fully saturated rings. The predicted molar refractivity (Wildman–Crippen MR) is 108 cm³/mol. The molecule has 0 saturated carbocycles. The van der Waals surface area contributed by atoms with E-state index in [9.17, 15) is 14.4 Å². The van der Waals surface area contributed by atoms with Gasteiger partial charge in [0.1, 0.15) is 12.4 Å². The molecule has 0 spiro atoms. The number of imidazole rings is 1. The maximum Gasteiger partial charge on any atom is 0.241 e. The molecule has 1 aromatic carbocycles. The minimum Gasteiger partial charge on any atom is -0.347 e. The average Bonchev–Trinajstić information content (AvgIpc) is 2.93. The van der Waals surface area contributed by atoms with E-state index in [1.165, 1.54) is 4.90 Å². The summed E-state index contributed by atoms with van der Waals surface area (Å²) in [5.41, 5.74) is 1.86. The predicted octanol–water partition coefficient (Wildman–Crippen LogP) is 1.03. The topological polar surface area (TPSA) is 89.6 Å². The van der Waals surface area contributed by atoms with Crippen molar-refractivity contribution in [3.63, 3.8) is 0 Å². The number of piperidine rings is 1. The van der Waals surface area contributed by atoms with Gasteiger partial charge >= 0.3 is 0 Å². The molecule has 154 valence electrons. The van der Waals surface area contributed by atoms with Crippen LogP contribution in [0.5, 0.6) is 0 Å². The Bertz CT molecular complexity index is 904. The van der Waals surface area contributed by atoms with Crippen LogP contribution in [0.2, 0.25) is 0 Å². The van der Waals surface area contributed by atoms with Crippen molar-refractivity contribution in [3.05, 3.63) is 30.1 Å². The van der Waals surface area contributed by atoms with E-state index in [1.54, 1.807) is 19.0 Å². The van der Waals surface area contributed by atoms with E-state index < -0.39 is 0 Å². The van der Waals surface area contributed by atoms with Gasteiger partial charge in [0.15, 0.2) is 0 Å². The van der Waals surface area contributed by atoms with Crippen molar-refractivity contribution in [1.29, 1.82) is 0 Å². The van der Waals surface area contributed by atoms with Gasteiger partial charge in [-0.05, 0) is 25.0 Å². The van der Waals surface area contributed by atoms with E-state index in [0.29, 0.717) is 25.9 Å². The molecule has 0 unspecified atom stereocenters. The van der Waals surface area contributed by atoms with Crippen LogP contribution >= 0.6 is 0 Å². The molecule has 0 aliphatic carbocycles. The van der Waals surface area contributed by atoms with Gasteiger partial charge < -0.3 is 19.7 Å². The fraction of sp³-hybridized carbons (Fsp3) is 0.524. The zero-order valence-electron chi connectivity index (χ0n) is 16.9. The van der Waals surface area contributed by atoms with Gasteiger partial charge in [-0.2, -0.15) is 0 Å². The Hall–Kier alpha value is -2.90. The molecule has 3 aliphatic rings. The Kier molecular flexibility index (Phi) is 5.25. The normalized spacial score (nSPS) is 21.5. The van der Waals surface area contributed by atoms with Crippen LogP contribution in [0.3, 0.4) is 0 Å². The van der Waals surface area contributed by atoms with Gasteiger partial charge in [-0.1, -0.05) is 12.1 Å². The number of carbonyl (C=O) groups is 3. The smallest absolute Gasteiger partial charge is 0.241 e. The van der Waals surface area contributed by atoms with Crippen molar-refractivity contribution in [2.75, 3.05) is 33.7 Å². The van der Waals surface area contributed by atoms with E-state index in [1.807, 2.05) is 29.2 Å². The van der Waals surface area contributed by atoms with Crippen molar-refractivity contribution in [3.8, 4) is 0 Å². The lowest BCUT2D eigenvalue weighted by atomic mass is 9.94. The molecule has 0 radical (unpaired) electrons. The second-order valence-electron chi connectivity index (χ2n) is 8.18. The third-order valence-corrected chi connectivity index (χ3v) is 5.96. The summed E-state index contributed by atoms with van der Waals surface area (Å²) in [6, 6.07) is 7.72. The van der Waals surface area contributed by atoms with E-state index in [4.69, 9.17) is 0 Å². The average molecular weight is 397 g/mol. The zero-order valence-corrected chi connectivity index (χ0v) is 16.9. The van der Waals surface area contributed by atoms with Gasteiger partial charge in [-0.25, -0.2) is 4.98 Å². The molecule has 8 nitrogen and oxygen atoms in total. The number of H-pyrrole nitrogens is 1. The maximum absolute atomic E-state index is 12.9. The highest BCUT2D eigenvalue weighted by Gasteiger charge is 2.42. The molecule has 2 bridgehead atoms. The van der Waals surface area contributed by atoms with E-state index >= 15 is 0 Å². The Morgan fingerprint density at radius 1 is 1.21 bits per heavy atom. The molecule has 2 aromatic rings. The summed E-state index contributed by atoms with van der Waals surface area (Å²) < 4.78 is 0. The summed E-state index contributed by atoms with van der Waals surface area (Å²) >= 11 is 0. The Labute approximate surface area is 169 Å². The molecule has 1 N–H and O–H groups in total. The van der Waals surface area contributed by atoms with Crippen molar-refractivity contribution in [2.45, 2.75) is 31.7 Å². The zero-order chi connectivity index (χ0) is 20.5. The molecule has 4 heterocycles. The summed E-state index contributed by atoms with van der Waals surface area (Å²) in [6.07, 6.45) is 2.51. The Morgan fingerprint density at radius 2 is 2.00 bits per heavy atom. The highest BCUT2D eigenvalue weighted by molar-refractivity contribution is 5.88. The first-order chi connectivity index (χ1) is 13.9. The summed E-state index contributed by atoms with van der Waals surface area (Å²) in [5.74, 6) is 0.541. The van der Waals surface area contributed by atoms with Gasteiger partial charge in [-0.15, -0.1) is 0 Å². The number of rotatable bonds is 5. The van der Waals surface area contributed by atoms with Gasteiger partial charge in [0.25, 0.3) is 0 Å². The standard InChI is InChI=1S/C21H27N5O3/c1-24(2)20(28)13-26-15-8-7-14(21(26)29)11-25(12-15)19(27)10-9-18-22-16-5-3-4-6-17(16)23-18/h3-6,14-15H,7-13H2,1-2H3,(H,22,23)/t14-,15+/m1/s1. The second kappa shape index (κ2) is 7.85. The van der Waals surface area contributed by atoms with Crippen LogP contribution < -0.4 is 0 Å². The Balaban J connectivity index is 1.40. The molecule has 3 aliphatic heterocycles.